The molecule has 2 amide bonds. The molecule has 0 aliphatic carbocycles. The van der Waals surface area contributed by atoms with Crippen molar-refractivity contribution < 1.29 is 9.59 Å². The molecule has 0 radical (unpaired) electrons. The molecule has 3 rings (SSSR count). The average molecular weight is 456 g/mol. The van der Waals surface area contributed by atoms with E-state index in [-0.39, 0.29) is 18.2 Å². The number of anilines is 2. The minimum absolute atomic E-state index is 0.140. The summed E-state index contributed by atoms with van der Waals surface area (Å²) in [6.07, 6.45) is 3.33. The van der Waals surface area contributed by atoms with Crippen LogP contribution in [0.3, 0.4) is 0 Å². The second kappa shape index (κ2) is 9.43. The Labute approximate surface area is 175 Å². The van der Waals surface area contributed by atoms with E-state index in [9.17, 15) is 9.59 Å². The molecule has 0 saturated carbocycles. The predicted octanol–water partition coefficient (Wildman–Crippen LogP) is 5.05. The molecule has 0 aliphatic rings. The molecule has 0 bridgehead atoms. The van der Waals surface area contributed by atoms with Gasteiger partial charge in [0.2, 0.25) is 11.8 Å². The Balaban J connectivity index is 1.53. The lowest BCUT2D eigenvalue weighted by Crippen LogP contribution is -2.15. The van der Waals surface area contributed by atoms with E-state index in [1.165, 1.54) is 17.4 Å². The molecule has 28 heavy (non-hydrogen) atoms. The number of rotatable bonds is 6. The summed E-state index contributed by atoms with van der Waals surface area (Å²) >= 11 is 4.72. The Morgan fingerprint density at radius 1 is 1.14 bits per heavy atom. The van der Waals surface area contributed by atoms with Crippen molar-refractivity contribution in [1.82, 2.24) is 4.98 Å². The quantitative estimate of drug-likeness (QED) is 0.510. The van der Waals surface area contributed by atoms with E-state index in [0.717, 1.165) is 21.3 Å². The van der Waals surface area contributed by atoms with Gasteiger partial charge in [0, 0.05) is 21.6 Å². The molecular weight excluding hydrogens is 438 g/mol. The summed E-state index contributed by atoms with van der Waals surface area (Å²) in [7, 11) is 0. The molecule has 3 aromatic rings. The highest BCUT2D eigenvalue weighted by atomic mass is 79.9. The van der Waals surface area contributed by atoms with Crippen molar-refractivity contribution in [2.45, 2.75) is 13.3 Å². The number of benzene rings is 2. The Bertz CT molecular complexity index is 1020. The van der Waals surface area contributed by atoms with E-state index < -0.39 is 0 Å². The minimum Gasteiger partial charge on any atom is -0.326 e. The van der Waals surface area contributed by atoms with Crippen LogP contribution in [0.15, 0.2) is 64.5 Å². The largest absolute Gasteiger partial charge is 0.326 e. The summed E-state index contributed by atoms with van der Waals surface area (Å²) in [5, 5.41) is 7.80. The van der Waals surface area contributed by atoms with Crippen LogP contribution in [0.1, 0.15) is 16.8 Å². The van der Waals surface area contributed by atoms with Crippen LogP contribution in [0, 0.1) is 6.92 Å². The topological polar surface area (TPSA) is 71.1 Å². The number of nitrogens with one attached hydrogen (secondary N) is 2. The van der Waals surface area contributed by atoms with Gasteiger partial charge in [0.15, 0.2) is 5.13 Å². The molecule has 5 nitrogen and oxygen atoms in total. The smallest absolute Gasteiger partial charge is 0.250 e. The van der Waals surface area contributed by atoms with Crippen molar-refractivity contribution in [2.75, 3.05) is 10.6 Å². The van der Waals surface area contributed by atoms with Crippen molar-refractivity contribution in [3.8, 4) is 0 Å². The van der Waals surface area contributed by atoms with E-state index >= 15 is 0 Å². The van der Waals surface area contributed by atoms with Gasteiger partial charge >= 0.3 is 0 Å². The number of nitrogens with zero attached hydrogens (tertiary/aromatic N) is 1. The highest BCUT2D eigenvalue weighted by Crippen LogP contribution is 2.21. The molecule has 1 aromatic heterocycles. The van der Waals surface area contributed by atoms with E-state index in [2.05, 4.69) is 31.5 Å². The zero-order chi connectivity index (χ0) is 19.9. The third-order valence-electron chi connectivity index (χ3n) is 3.79. The lowest BCUT2D eigenvalue weighted by Gasteiger charge is -2.06. The first-order chi connectivity index (χ1) is 13.5. The van der Waals surface area contributed by atoms with Gasteiger partial charge in [-0.25, -0.2) is 4.98 Å². The van der Waals surface area contributed by atoms with Crippen molar-refractivity contribution in [1.29, 1.82) is 0 Å². The fraction of sp³-hybridized carbons (Fsp3) is 0.0952. The Hall–Kier alpha value is -2.77. The number of amides is 2. The van der Waals surface area contributed by atoms with Crippen LogP contribution in [0.4, 0.5) is 10.8 Å². The second-order valence-electron chi connectivity index (χ2n) is 6.07. The predicted molar refractivity (Wildman–Crippen MR) is 117 cm³/mol. The standard InChI is InChI=1S/C21H18BrN3O2S/c1-14-11-16(8-9-18(14)22)23-20(27)12-17-13-28-21(24-17)25-19(26)10-7-15-5-3-2-4-6-15/h2-11,13H,12H2,1H3,(H,23,27)(H,24,25,26)/b10-7+. The summed E-state index contributed by atoms with van der Waals surface area (Å²) in [6.45, 7) is 1.96. The Kier molecular flexibility index (Phi) is 6.73. The van der Waals surface area contributed by atoms with Crippen molar-refractivity contribution >= 4 is 56.0 Å². The number of aryl methyl sites for hydroxylation is 1. The maximum Gasteiger partial charge on any atom is 0.250 e. The van der Waals surface area contributed by atoms with Crippen molar-refractivity contribution in [2.24, 2.45) is 0 Å². The molecule has 7 heteroatoms. The monoisotopic (exact) mass is 455 g/mol. The first kappa shape index (κ1) is 20.0. The van der Waals surface area contributed by atoms with Gasteiger partial charge in [-0.1, -0.05) is 46.3 Å². The van der Waals surface area contributed by atoms with E-state index in [0.29, 0.717) is 10.8 Å². The van der Waals surface area contributed by atoms with Crippen LogP contribution in [-0.2, 0) is 16.0 Å². The molecule has 0 atom stereocenters. The van der Waals surface area contributed by atoms with Gasteiger partial charge in [0.1, 0.15) is 0 Å². The van der Waals surface area contributed by atoms with Gasteiger partial charge in [-0.3, -0.25) is 14.9 Å². The van der Waals surface area contributed by atoms with Crippen LogP contribution < -0.4 is 10.6 Å². The highest BCUT2D eigenvalue weighted by Gasteiger charge is 2.10. The molecular formula is C21H18BrN3O2S. The molecule has 1 heterocycles. The molecule has 0 unspecified atom stereocenters. The third-order valence-corrected chi connectivity index (χ3v) is 5.49. The Morgan fingerprint density at radius 3 is 2.68 bits per heavy atom. The molecule has 2 aromatic carbocycles. The number of hydrogen-bond donors (Lipinski definition) is 2. The lowest BCUT2D eigenvalue weighted by atomic mass is 10.2. The lowest BCUT2D eigenvalue weighted by molar-refractivity contribution is -0.115. The molecule has 0 fully saturated rings. The molecule has 0 saturated heterocycles. The zero-order valence-electron chi connectivity index (χ0n) is 15.1. The number of carbonyl (C=O) groups excluding carboxylic acids is 2. The fourth-order valence-corrected chi connectivity index (χ4v) is 3.38. The van der Waals surface area contributed by atoms with E-state index in [1.807, 2.05) is 55.5 Å². The van der Waals surface area contributed by atoms with Crippen molar-refractivity contribution in [3.05, 3.63) is 81.3 Å². The number of thiazole rings is 1. The number of carbonyl (C=O) groups is 2. The SMILES string of the molecule is Cc1cc(NC(=O)Cc2csc(NC(=O)/C=C/c3ccccc3)n2)ccc1Br. The van der Waals surface area contributed by atoms with Gasteiger partial charge in [0.05, 0.1) is 12.1 Å². The van der Waals surface area contributed by atoms with Crippen molar-refractivity contribution in [3.63, 3.8) is 0 Å². The highest BCUT2D eigenvalue weighted by molar-refractivity contribution is 9.10. The molecule has 142 valence electrons. The van der Waals surface area contributed by atoms with Crippen LogP contribution in [0.25, 0.3) is 6.08 Å². The molecule has 0 spiro atoms. The number of hydrogen-bond acceptors (Lipinski definition) is 4. The third kappa shape index (κ3) is 5.87. The normalized spacial score (nSPS) is 10.8. The van der Waals surface area contributed by atoms with Gasteiger partial charge in [-0.15, -0.1) is 11.3 Å². The first-order valence-electron chi connectivity index (χ1n) is 8.54. The number of aromatic nitrogens is 1. The van der Waals surface area contributed by atoms with E-state index in [4.69, 9.17) is 0 Å². The molecule has 2 N–H and O–H groups in total. The molecule has 0 aliphatic heterocycles. The number of halogens is 1. The minimum atomic E-state index is -0.264. The maximum absolute atomic E-state index is 12.2. The zero-order valence-corrected chi connectivity index (χ0v) is 17.5. The average Bonchev–Trinajstić information content (AvgIpc) is 3.10. The van der Waals surface area contributed by atoms with Crippen LogP contribution in [-0.4, -0.2) is 16.8 Å². The van der Waals surface area contributed by atoms with Crippen LogP contribution >= 0.6 is 27.3 Å². The van der Waals surface area contributed by atoms with Gasteiger partial charge in [-0.05, 0) is 42.3 Å². The fourth-order valence-electron chi connectivity index (χ4n) is 2.42. The van der Waals surface area contributed by atoms with Crippen LogP contribution in [0.5, 0.6) is 0 Å². The first-order valence-corrected chi connectivity index (χ1v) is 10.2. The second-order valence-corrected chi connectivity index (χ2v) is 7.78. The summed E-state index contributed by atoms with van der Waals surface area (Å²) in [5.41, 5.74) is 3.33. The Morgan fingerprint density at radius 2 is 1.93 bits per heavy atom. The van der Waals surface area contributed by atoms with E-state index in [1.54, 1.807) is 11.5 Å². The summed E-state index contributed by atoms with van der Waals surface area (Å²) in [5.74, 6) is -0.423. The summed E-state index contributed by atoms with van der Waals surface area (Å²) in [4.78, 5) is 28.5. The van der Waals surface area contributed by atoms with Crippen LogP contribution in [0.2, 0.25) is 0 Å². The van der Waals surface area contributed by atoms with Gasteiger partial charge in [-0.2, -0.15) is 0 Å². The summed E-state index contributed by atoms with van der Waals surface area (Å²) < 4.78 is 0.992. The summed E-state index contributed by atoms with van der Waals surface area (Å²) in [6, 6.07) is 15.2. The maximum atomic E-state index is 12.2. The van der Waals surface area contributed by atoms with Gasteiger partial charge < -0.3 is 5.32 Å². The van der Waals surface area contributed by atoms with Gasteiger partial charge in [0.25, 0.3) is 0 Å².